The third-order valence-electron chi connectivity index (χ3n) is 4.55. The fraction of sp³-hybridized carbons (Fsp3) is 0.476. The molecule has 0 radical (unpaired) electrons. The smallest absolute Gasteiger partial charge is 0.304 e. The van der Waals surface area contributed by atoms with Gasteiger partial charge >= 0.3 is 5.97 Å². The van der Waals surface area contributed by atoms with E-state index in [9.17, 15) is 24.0 Å². The van der Waals surface area contributed by atoms with Crippen molar-refractivity contribution in [1.82, 2.24) is 21.3 Å². The molecule has 1 rings (SSSR count). The van der Waals surface area contributed by atoms with E-state index in [4.69, 9.17) is 5.11 Å². The average molecular weight is 434 g/mol. The van der Waals surface area contributed by atoms with Gasteiger partial charge in [-0.25, -0.2) is 0 Å². The summed E-state index contributed by atoms with van der Waals surface area (Å²) in [6.45, 7) is 3.95. The highest BCUT2D eigenvalue weighted by Gasteiger charge is 2.32. The van der Waals surface area contributed by atoms with Crippen LogP contribution in [-0.4, -0.2) is 60.4 Å². The van der Waals surface area contributed by atoms with E-state index >= 15 is 0 Å². The van der Waals surface area contributed by atoms with Crippen LogP contribution >= 0.6 is 0 Å². The minimum atomic E-state index is -1.20. The minimum Gasteiger partial charge on any atom is -0.481 e. The maximum Gasteiger partial charge on any atom is 0.304 e. The van der Waals surface area contributed by atoms with Gasteiger partial charge in [0.25, 0.3) is 0 Å². The lowest BCUT2D eigenvalue weighted by Crippen LogP contribution is -2.53. The second kappa shape index (κ2) is 11.7. The zero-order chi connectivity index (χ0) is 23.6. The second-order valence-electron chi connectivity index (χ2n) is 7.79. The maximum atomic E-state index is 12.2. The van der Waals surface area contributed by atoms with Crippen LogP contribution in [0.4, 0.5) is 0 Å². The molecule has 0 aliphatic rings. The van der Waals surface area contributed by atoms with Crippen LogP contribution in [0.5, 0.6) is 0 Å². The number of nitrogens with one attached hydrogen (secondary N) is 4. The van der Waals surface area contributed by atoms with Crippen molar-refractivity contribution in [3.05, 3.63) is 35.9 Å². The van der Waals surface area contributed by atoms with Gasteiger partial charge in [-0.15, -0.1) is 0 Å². The van der Waals surface area contributed by atoms with E-state index in [-0.39, 0.29) is 18.9 Å². The van der Waals surface area contributed by atoms with Gasteiger partial charge < -0.3 is 26.4 Å². The summed E-state index contributed by atoms with van der Waals surface area (Å²) in [6, 6.07) is 7.37. The van der Waals surface area contributed by atoms with Gasteiger partial charge in [-0.3, -0.25) is 24.0 Å². The van der Waals surface area contributed by atoms with Crippen LogP contribution in [0.3, 0.4) is 0 Å². The lowest BCUT2D eigenvalue weighted by molar-refractivity contribution is -0.144. The first-order valence-corrected chi connectivity index (χ1v) is 9.81. The number of aliphatic carboxylic acids is 1. The molecule has 0 saturated carbocycles. The number of carbonyl (C=O) groups excluding carboxylic acids is 4. The first-order chi connectivity index (χ1) is 14.5. The Kier molecular flexibility index (Phi) is 9.65. The first kappa shape index (κ1) is 25.6. The molecular formula is C21H30N4O6. The topological polar surface area (TPSA) is 154 Å². The normalized spacial score (nSPS) is 12.8. The van der Waals surface area contributed by atoms with Crippen LogP contribution in [0.15, 0.2) is 30.3 Å². The van der Waals surface area contributed by atoms with Gasteiger partial charge in [0, 0.05) is 13.5 Å². The minimum absolute atomic E-state index is 0.283. The molecule has 0 bridgehead atoms. The predicted octanol–water partition coefficient (Wildman–Crippen LogP) is -0.418. The second-order valence-corrected chi connectivity index (χ2v) is 7.79. The highest BCUT2D eigenvalue weighted by atomic mass is 16.4. The highest BCUT2D eigenvalue weighted by Crippen LogP contribution is 2.20. The van der Waals surface area contributed by atoms with Crippen molar-refractivity contribution < 1.29 is 29.1 Å². The Balaban J connectivity index is 2.58. The van der Waals surface area contributed by atoms with E-state index in [2.05, 4.69) is 21.3 Å². The third kappa shape index (κ3) is 8.85. The summed E-state index contributed by atoms with van der Waals surface area (Å²) in [4.78, 5) is 59.6. The summed E-state index contributed by atoms with van der Waals surface area (Å²) in [6.07, 6.45) is -0.108. The van der Waals surface area contributed by atoms with Gasteiger partial charge in [0.05, 0.1) is 18.4 Å². The highest BCUT2D eigenvalue weighted by molar-refractivity contribution is 5.93. The summed E-state index contributed by atoms with van der Waals surface area (Å²) in [7, 11) is 1.46. The molecule has 2 atom stereocenters. The van der Waals surface area contributed by atoms with Crippen LogP contribution in [0, 0.1) is 5.41 Å². The van der Waals surface area contributed by atoms with E-state index < -0.39 is 47.6 Å². The number of hydrogen-bond acceptors (Lipinski definition) is 5. The van der Waals surface area contributed by atoms with Crippen molar-refractivity contribution in [1.29, 1.82) is 0 Å². The summed E-state index contributed by atoms with van der Waals surface area (Å²) in [5, 5.41) is 18.8. The lowest BCUT2D eigenvalue weighted by Gasteiger charge is -2.24. The SMILES string of the molecule is CNC(=O)[C@H](Cc1ccccc1)NC(=O)CNC(=O)[C@H](C)NC(=O)C(C)(C)CC(=O)O. The first-order valence-electron chi connectivity index (χ1n) is 9.81. The van der Waals surface area contributed by atoms with Gasteiger partial charge in [0.1, 0.15) is 12.1 Å². The monoisotopic (exact) mass is 434 g/mol. The number of carbonyl (C=O) groups is 5. The van der Waals surface area contributed by atoms with Crippen molar-refractivity contribution in [3.63, 3.8) is 0 Å². The Labute approximate surface area is 181 Å². The molecular weight excluding hydrogens is 404 g/mol. The Morgan fingerprint density at radius 1 is 1.00 bits per heavy atom. The summed E-state index contributed by atoms with van der Waals surface area (Å²) in [5.74, 6) is -3.28. The Morgan fingerprint density at radius 3 is 2.16 bits per heavy atom. The number of likely N-dealkylation sites (N-methyl/N-ethyl adjacent to an activating group) is 1. The van der Waals surface area contributed by atoms with Crippen molar-refractivity contribution in [2.45, 2.75) is 45.7 Å². The van der Waals surface area contributed by atoms with Crippen LogP contribution in [0.2, 0.25) is 0 Å². The van der Waals surface area contributed by atoms with Crippen molar-refractivity contribution in [2.75, 3.05) is 13.6 Å². The van der Waals surface area contributed by atoms with Gasteiger partial charge in [-0.2, -0.15) is 0 Å². The van der Waals surface area contributed by atoms with E-state index in [1.165, 1.54) is 27.8 Å². The largest absolute Gasteiger partial charge is 0.481 e. The zero-order valence-corrected chi connectivity index (χ0v) is 18.2. The summed E-state index contributed by atoms with van der Waals surface area (Å²) < 4.78 is 0. The van der Waals surface area contributed by atoms with E-state index in [0.29, 0.717) is 0 Å². The molecule has 0 spiro atoms. The van der Waals surface area contributed by atoms with E-state index in [1.54, 1.807) is 0 Å². The zero-order valence-electron chi connectivity index (χ0n) is 18.2. The van der Waals surface area contributed by atoms with Gasteiger partial charge in [-0.05, 0) is 12.5 Å². The predicted molar refractivity (Wildman–Crippen MR) is 113 cm³/mol. The van der Waals surface area contributed by atoms with Crippen molar-refractivity contribution in [2.24, 2.45) is 5.41 Å². The molecule has 170 valence electrons. The number of carboxylic acid groups (broad SMARTS) is 1. The number of amides is 4. The third-order valence-corrected chi connectivity index (χ3v) is 4.55. The molecule has 4 amide bonds. The number of rotatable bonds is 11. The molecule has 31 heavy (non-hydrogen) atoms. The molecule has 10 heteroatoms. The average Bonchev–Trinajstić information content (AvgIpc) is 2.70. The molecule has 0 aliphatic carbocycles. The van der Waals surface area contributed by atoms with Crippen LogP contribution < -0.4 is 21.3 Å². The fourth-order valence-electron chi connectivity index (χ4n) is 2.72. The molecule has 1 aromatic carbocycles. The standard InChI is InChI=1S/C21H30N4O6/c1-13(24-20(31)21(2,3)11-17(27)28)18(29)23-12-16(26)25-15(19(30)22-4)10-14-8-6-5-7-9-14/h5-9,13,15H,10-12H2,1-4H3,(H,22,30)(H,23,29)(H,24,31)(H,25,26)(H,27,28)/t13-,15-/m0/s1. The Hall–Kier alpha value is -3.43. The molecule has 0 heterocycles. The number of carboxylic acids is 1. The Morgan fingerprint density at radius 2 is 1.61 bits per heavy atom. The molecule has 0 saturated heterocycles. The van der Waals surface area contributed by atoms with E-state index in [1.807, 2.05) is 30.3 Å². The van der Waals surface area contributed by atoms with E-state index in [0.717, 1.165) is 5.56 Å². The molecule has 5 N–H and O–H groups in total. The molecule has 0 aromatic heterocycles. The van der Waals surface area contributed by atoms with Crippen molar-refractivity contribution >= 4 is 29.6 Å². The molecule has 0 fully saturated rings. The molecule has 0 aliphatic heterocycles. The maximum absolute atomic E-state index is 12.2. The number of hydrogen-bond donors (Lipinski definition) is 5. The van der Waals surface area contributed by atoms with Crippen LogP contribution in [-0.2, 0) is 30.4 Å². The van der Waals surface area contributed by atoms with Crippen molar-refractivity contribution in [3.8, 4) is 0 Å². The molecule has 1 aromatic rings. The van der Waals surface area contributed by atoms with Gasteiger partial charge in [-0.1, -0.05) is 44.2 Å². The fourth-order valence-corrected chi connectivity index (χ4v) is 2.72. The van der Waals surface area contributed by atoms with Gasteiger partial charge in [0.15, 0.2) is 0 Å². The summed E-state index contributed by atoms with van der Waals surface area (Å²) >= 11 is 0. The summed E-state index contributed by atoms with van der Waals surface area (Å²) in [5.41, 5.74) is -0.337. The number of benzene rings is 1. The quantitative estimate of drug-likeness (QED) is 0.319. The molecule has 0 unspecified atom stereocenters. The van der Waals surface area contributed by atoms with Crippen LogP contribution in [0.25, 0.3) is 0 Å². The lowest BCUT2D eigenvalue weighted by atomic mass is 9.88. The van der Waals surface area contributed by atoms with Crippen LogP contribution in [0.1, 0.15) is 32.8 Å². The molecule has 10 nitrogen and oxygen atoms in total. The Bertz CT molecular complexity index is 809. The van der Waals surface area contributed by atoms with Gasteiger partial charge in [0.2, 0.25) is 23.6 Å².